The van der Waals surface area contributed by atoms with Gasteiger partial charge in [0.05, 0.1) is 0 Å². The minimum absolute atomic E-state index is 0.147. The van der Waals surface area contributed by atoms with E-state index in [4.69, 9.17) is 0 Å². The first-order chi connectivity index (χ1) is 10.0. The van der Waals surface area contributed by atoms with E-state index in [0.29, 0.717) is 11.8 Å². The number of benzene rings is 1. The van der Waals surface area contributed by atoms with Crippen LogP contribution in [0, 0.1) is 0 Å². The number of hydrogen-bond donors (Lipinski definition) is 2. The van der Waals surface area contributed by atoms with Crippen molar-refractivity contribution < 1.29 is 5.11 Å². The fraction of sp³-hybridized carbons (Fsp3) is 0.667. The highest BCUT2D eigenvalue weighted by Crippen LogP contribution is 2.26. The lowest BCUT2D eigenvalue weighted by Crippen LogP contribution is -2.59. The van der Waals surface area contributed by atoms with Crippen LogP contribution < -0.4 is 5.32 Å². The van der Waals surface area contributed by atoms with Gasteiger partial charge in [0.1, 0.15) is 5.75 Å². The number of phenolic OH excluding ortho intramolecular Hbond substituents is 1. The Bertz CT molecular complexity index is 421. The van der Waals surface area contributed by atoms with Gasteiger partial charge in [-0.1, -0.05) is 25.5 Å². The summed E-state index contributed by atoms with van der Waals surface area (Å²) in [5.41, 5.74) is 1.43. The lowest BCUT2D eigenvalue weighted by atomic mass is 9.86. The van der Waals surface area contributed by atoms with Crippen molar-refractivity contribution in [3.05, 3.63) is 29.8 Å². The number of nitrogens with zero attached hydrogens (tertiary/aromatic N) is 1. The molecule has 1 atom stereocenters. The van der Waals surface area contributed by atoms with Crippen molar-refractivity contribution in [2.24, 2.45) is 0 Å². The van der Waals surface area contributed by atoms with Crippen LogP contribution in [0.4, 0.5) is 0 Å². The molecule has 1 aromatic carbocycles. The molecule has 1 aliphatic rings. The zero-order chi connectivity index (χ0) is 15.3. The van der Waals surface area contributed by atoms with Crippen molar-refractivity contribution in [3.8, 4) is 5.75 Å². The van der Waals surface area contributed by atoms with Crippen molar-refractivity contribution >= 4 is 0 Å². The van der Waals surface area contributed by atoms with Gasteiger partial charge in [-0.3, -0.25) is 4.90 Å². The number of nitrogens with one attached hydrogen (secondary N) is 1. The molecule has 3 heteroatoms. The summed E-state index contributed by atoms with van der Waals surface area (Å²) in [6.45, 7) is 10.3. The summed E-state index contributed by atoms with van der Waals surface area (Å²) in [5, 5.41) is 13.1. The minimum Gasteiger partial charge on any atom is -0.508 e. The van der Waals surface area contributed by atoms with Crippen LogP contribution in [-0.4, -0.2) is 41.2 Å². The Kier molecular flexibility index (Phi) is 5.65. The summed E-state index contributed by atoms with van der Waals surface area (Å²) < 4.78 is 0. The van der Waals surface area contributed by atoms with E-state index in [-0.39, 0.29) is 5.54 Å². The number of hydrogen-bond acceptors (Lipinski definition) is 3. The fourth-order valence-corrected chi connectivity index (χ4v) is 3.38. The number of likely N-dealkylation sites (tertiary alicyclic amines) is 1. The highest BCUT2D eigenvalue weighted by atomic mass is 16.3. The summed E-state index contributed by atoms with van der Waals surface area (Å²) in [5.74, 6) is 0.342. The van der Waals surface area contributed by atoms with E-state index in [2.05, 4.69) is 31.0 Å². The van der Waals surface area contributed by atoms with Gasteiger partial charge >= 0.3 is 0 Å². The summed E-state index contributed by atoms with van der Waals surface area (Å²) in [6.07, 6.45) is 5.01. The van der Waals surface area contributed by atoms with Gasteiger partial charge in [0, 0.05) is 11.6 Å². The molecular formula is C18H30N2O. The number of rotatable bonds is 6. The molecule has 1 unspecified atom stereocenters. The first-order valence-electron chi connectivity index (χ1n) is 8.30. The fourth-order valence-electron chi connectivity index (χ4n) is 3.38. The first kappa shape index (κ1) is 16.3. The Labute approximate surface area is 129 Å². The van der Waals surface area contributed by atoms with Gasteiger partial charge in [0.25, 0.3) is 0 Å². The van der Waals surface area contributed by atoms with Crippen molar-refractivity contribution in [1.82, 2.24) is 10.2 Å². The van der Waals surface area contributed by atoms with E-state index in [1.807, 2.05) is 12.1 Å². The van der Waals surface area contributed by atoms with Gasteiger partial charge in [-0.25, -0.2) is 0 Å². The quantitative estimate of drug-likeness (QED) is 0.844. The maximum Gasteiger partial charge on any atom is 0.115 e. The molecule has 3 nitrogen and oxygen atoms in total. The van der Waals surface area contributed by atoms with Gasteiger partial charge in [-0.2, -0.15) is 0 Å². The molecule has 0 amide bonds. The van der Waals surface area contributed by atoms with Crippen LogP contribution in [-0.2, 0) is 6.42 Å². The molecule has 1 aliphatic heterocycles. The van der Waals surface area contributed by atoms with Crippen LogP contribution in [0.3, 0.4) is 0 Å². The SMILES string of the molecule is CCNC(Cc1ccc(O)cc1)C(C)(C)N1CCCCC1. The van der Waals surface area contributed by atoms with E-state index < -0.39 is 0 Å². The summed E-state index contributed by atoms with van der Waals surface area (Å²) in [4.78, 5) is 2.64. The minimum atomic E-state index is 0.147. The van der Waals surface area contributed by atoms with Crippen molar-refractivity contribution in [3.63, 3.8) is 0 Å². The van der Waals surface area contributed by atoms with E-state index in [0.717, 1.165) is 13.0 Å². The van der Waals surface area contributed by atoms with Crippen LogP contribution in [0.1, 0.15) is 45.6 Å². The van der Waals surface area contributed by atoms with Crippen LogP contribution >= 0.6 is 0 Å². The average Bonchev–Trinajstić information content (AvgIpc) is 2.50. The van der Waals surface area contributed by atoms with Gasteiger partial charge < -0.3 is 10.4 Å². The average molecular weight is 290 g/mol. The normalized spacial score (nSPS) is 18.6. The summed E-state index contributed by atoms with van der Waals surface area (Å²) >= 11 is 0. The predicted molar refractivity (Wildman–Crippen MR) is 88.8 cm³/mol. The highest BCUT2D eigenvalue weighted by Gasteiger charge is 2.35. The lowest BCUT2D eigenvalue weighted by Gasteiger charge is -2.46. The molecule has 0 aliphatic carbocycles. The topological polar surface area (TPSA) is 35.5 Å². The monoisotopic (exact) mass is 290 g/mol. The second kappa shape index (κ2) is 7.28. The third-order valence-electron chi connectivity index (χ3n) is 4.85. The second-order valence-corrected chi connectivity index (χ2v) is 6.68. The lowest BCUT2D eigenvalue weighted by molar-refractivity contribution is 0.0616. The highest BCUT2D eigenvalue weighted by molar-refractivity contribution is 5.27. The molecule has 1 fully saturated rings. The third kappa shape index (κ3) is 4.21. The zero-order valence-corrected chi connectivity index (χ0v) is 13.7. The molecule has 2 N–H and O–H groups in total. The van der Waals surface area contributed by atoms with Crippen LogP contribution in [0.25, 0.3) is 0 Å². The zero-order valence-electron chi connectivity index (χ0n) is 13.7. The largest absolute Gasteiger partial charge is 0.508 e. The van der Waals surface area contributed by atoms with E-state index in [9.17, 15) is 5.11 Å². The Morgan fingerprint density at radius 2 is 1.76 bits per heavy atom. The Balaban J connectivity index is 2.10. The maximum absolute atomic E-state index is 9.43. The molecule has 2 rings (SSSR count). The number of piperidine rings is 1. The molecule has 0 spiro atoms. The van der Waals surface area contributed by atoms with E-state index in [1.54, 1.807) is 12.1 Å². The number of likely N-dealkylation sites (N-methyl/N-ethyl adjacent to an activating group) is 1. The molecule has 0 bridgehead atoms. The molecule has 1 aromatic rings. The van der Waals surface area contributed by atoms with Gasteiger partial charge in [0.2, 0.25) is 0 Å². The van der Waals surface area contributed by atoms with Crippen LogP contribution in [0.2, 0.25) is 0 Å². The van der Waals surface area contributed by atoms with Crippen molar-refractivity contribution in [2.45, 2.75) is 58.0 Å². The van der Waals surface area contributed by atoms with Gasteiger partial charge in [0.15, 0.2) is 0 Å². The molecule has 0 radical (unpaired) electrons. The van der Waals surface area contributed by atoms with Crippen LogP contribution in [0.5, 0.6) is 5.75 Å². The molecule has 118 valence electrons. The number of phenols is 1. The van der Waals surface area contributed by atoms with Gasteiger partial charge in [-0.15, -0.1) is 0 Å². The second-order valence-electron chi connectivity index (χ2n) is 6.68. The maximum atomic E-state index is 9.43. The molecule has 0 aromatic heterocycles. The standard InChI is InChI=1S/C18H30N2O/c1-4-19-17(14-15-8-10-16(21)11-9-15)18(2,3)20-12-6-5-7-13-20/h8-11,17,19,21H,4-7,12-14H2,1-3H3. The van der Waals surface area contributed by atoms with Gasteiger partial charge in [-0.05, 0) is 70.4 Å². The first-order valence-corrected chi connectivity index (χ1v) is 8.30. The Hall–Kier alpha value is -1.06. The Morgan fingerprint density at radius 1 is 1.14 bits per heavy atom. The molecule has 1 heterocycles. The molecular weight excluding hydrogens is 260 g/mol. The third-order valence-corrected chi connectivity index (χ3v) is 4.85. The molecule has 0 saturated carbocycles. The van der Waals surface area contributed by atoms with E-state index >= 15 is 0 Å². The molecule has 21 heavy (non-hydrogen) atoms. The number of aromatic hydroxyl groups is 1. The Morgan fingerprint density at radius 3 is 2.33 bits per heavy atom. The van der Waals surface area contributed by atoms with Crippen LogP contribution in [0.15, 0.2) is 24.3 Å². The smallest absolute Gasteiger partial charge is 0.115 e. The summed E-state index contributed by atoms with van der Waals surface area (Å²) in [7, 11) is 0. The predicted octanol–water partition coefficient (Wildman–Crippen LogP) is 3.18. The molecule has 1 saturated heterocycles. The van der Waals surface area contributed by atoms with Crippen molar-refractivity contribution in [2.75, 3.05) is 19.6 Å². The summed E-state index contributed by atoms with van der Waals surface area (Å²) in [6, 6.07) is 8.06. The van der Waals surface area contributed by atoms with E-state index in [1.165, 1.54) is 37.9 Å². The van der Waals surface area contributed by atoms with Crippen molar-refractivity contribution in [1.29, 1.82) is 0 Å².